The molecule has 3 nitrogen and oxygen atoms in total. The van der Waals surface area contributed by atoms with E-state index in [0.29, 0.717) is 6.54 Å². The molecule has 0 radical (unpaired) electrons. The first-order chi connectivity index (χ1) is 9.27. The third kappa shape index (κ3) is 6.39. The maximum Gasteiger partial charge on any atom is 0.233 e. The molecule has 19 heavy (non-hydrogen) atoms. The lowest BCUT2D eigenvalue weighted by atomic mass is 10.0. The van der Waals surface area contributed by atoms with Crippen LogP contribution in [0.4, 0.5) is 0 Å². The Morgan fingerprint density at radius 1 is 1.16 bits per heavy atom. The second kappa shape index (κ2) is 9.56. The van der Waals surface area contributed by atoms with Gasteiger partial charge in [0.15, 0.2) is 0 Å². The number of hydrogen-bond donors (Lipinski definition) is 2. The normalized spacial score (nSPS) is 12.1. The number of rotatable bonds is 9. The smallest absolute Gasteiger partial charge is 0.233 e. The monoisotopic (exact) mass is 262 g/mol. The Morgan fingerprint density at radius 3 is 2.53 bits per heavy atom. The molecule has 0 saturated heterocycles. The molecule has 3 heteroatoms. The summed E-state index contributed by atoms with van der Waals surface area (Å²) in [6, 6.07) is 10.6. The summed E-state index contributed by atoms with van der Waals surface area (Å²) < 4.78 is 0. The Bertz CT molecular complexity index is 351. The van der Waals surface area contributed by atoms with Crippen LogP contribution in [-0.4, -0.2) is 19.0 Å². The lowest BCUT2D eigenvalue weighted by Gasteiger charge is -2.18. The van der Waals surface area contributed by atoms with Crippen LogP contribution in [0.1, 0.15) is 51.1 Å². The van der Waals surface area contributed by atoms with Gasteiger partial charge in [-0.25, -0.2) is 0 Å². The molecular weight excluding hydrogens is 236 g/mol. The Kier molecular flexibility index (Phi) is 7.91. The number of hydrogen-bond acceptors (Lipinski definition) is 2. The van der Waals surface area contributed by atoms with Gasteiger partial charge in [-0.15, -0.1) is 0 Å². The molecule has 0 spiro atoms. The van der Waals surface area contributed by atoms with Crippen molar-refractivity contribution in [2.75, 3.05) is 13.1 Å². The molecule has 0 aliphatic carbocycles. The zero-order valence-electron chi connectivity index (χ0n) is 12.1. The van der Waals surface area contributed by atoms with Gasteiger partial charge in [-0.1, -0.05) is 57.0 Å². The number of carbonyl (C=O) groups excluding carboxylic acids is 1. The Labute approximate surface area is 116 Å². The van der Waals surface area contributed by atoms with Crippen LogP contribution in [0.2, 0.25) is 0 Å². The Morgan fingerprint density at radius 2 is 1.89 bits per heavy atom. The van der Waals surface area contributed by atoms with Crippen LogP contribution in [0, 0.1) is 0 Å². The highest BCUT2D eigenvalue weighted by molar-refractivity contribution is 5.77. The van der Waals surface area contributed by atoms with Crippen LogP contribution < -0.4 is 10.6 Å². The first-order valence-electron chi connectivity index (χ1n) is 7.33. The van der Waals surface area contributed by atoms with Gasteiger partial charge in [0, 0.05) is 12.6 Å². The standard InChI is InChI=1S/C16H26N2O/c1-3-5-11-15(14-9-7-6-8-10-14)18-13-16(19)17-12-4-2/h6-10,15,18H,3-5,11-13H2,1-2H3,(H,17,19). The van der Waals surface area contributed by atoms with Crippen molar-refractivity contribution in [3.05, 3.63) is 35.9 Å². The van der Waals surface area contributed by atoms with Gasteiger partial charge in [0.2, 0.25) is 5.91 Å². The van der Waals surface area contributed by atoms with Gasteiger partial charge in [0.25, 0.3) is 0 Å². The van der Waals surface area contributed by atoms with E-state index in [2.05, 4.69) is 36.6 Å². The van der Waals surface area contributed by atoms with Gasteiger partial charge < -0.3 is 10.6 Å². The van der Waals surface area contributed by atoms with Gasteiger partial charge in [-0.3, -0.25) is 4.79 Å². The predicted molar refractivity (Wildman–Crippen MR) is 80.0 cm³/mol. The Balaban J connectivity index is 2.48. The Hall–Kier alpha value is -1.35. The molecule has 0 aliphatic rings. The van der Waals surface area contributed by atoms with Gasteiger partial charge >= 0.3 is 0 Å². The minimum absolute atomic E-state index is 0.0827. The van der Waals surface area contributed by atoms with Gasteiger partial charge in [-0.2, -0.15) is 0 Å². The molecule has 1 aromatic rings. The van der Waals surface area contributed by atoms with E-state index < -0.39 is 0 Å². The van der Waals surface area contributed by atoms with Crippen LogP contribution >= 0.6 is 0 Å². The first-order valence-corrected chi connectivity index (χ1v) is 7.33. The van der Waals surface area contributed by atoms with Crippen molar-refractivity contribution >= 4 is 5.91 Å². The molecule has 1 rings (SSSR count). The lowest BCUT2D eigenvalue weighted by Crippen LogP contribution is -2.36. The molecule has 0 aliphatic heterocycles. The summed E-state index contributed by atoms with van der Waals surface area (Å²) in [4.78, 5) is 11.6. The maximum atomic E-state index is 11.6. The largest absolute Gasteiger partial charge is 0.355 e. The van der Waals surface area contributed by atoms with E-state index in [1.54, 1.807) is 0 Å². The zero-order chi connectivity index (χ0) is 13.9. The SMILES string of the molecule is CCCCC(NCC(=O)NCCC)c1ccccc1. The van der Waals surface area contributed by atoms with E-state index in [4.69, 9.17) is 0 Å². The average Bonchev–Trinajstić information content (AvgIpc) is 2.46. The summed E-state index contributed by atoms with van der Waals surface area (Å²) in [6.45, 7) is 5.40. The van der Waals surface area contributed by atoms with Crippen molar-refractivity contribution in [1.29, 1.82) is 0 Å². The molecule has 1 unspecified atom stereocenters. The highest BCUT2D eigenvalue weighted by Crippen LogP contribution is 2.18. The lowest BCUT2D eigenvalue weighted by molar-refractivity contribution is -0.120. The van der Waals surface area contributed by atoms with Gasteiger partial charge in [-0.05, 0) is 18.4 Å². The fraction of sp³-hybridized carbons (Fsp3) is 0.562. The van der Waals surface area contributed by atoms with Crippen molar-refractivity contribution in [2.24, 2.45) is 0 Å². The summed E-state index contributed by atoms with van der Waals surface area (Å²) in [7, 11) is 0. The van der Waals surface area contributed by atoms with E-state index in [0.717, 1.165) is 19.4 Å². The number of unbranched alkanes of at least 4 members (excludes halogenated alkanes) is 1. The van der Waals surface area contributed by atoms with Crippen molar-refractivity contribution in [3.63, 3.8) is 0 Å². The molecular formula is C16H26N2O. The van der Waals surface area contributed by atoms with Crippen LogP contribution in [0.25, 0.3) is 0 Å². The molecule has 2 N–H and O–H groups in total. The van der Waals surface area contributed by atoms with Crippen molar-refractivity contribution in [3.8, 4) is 0 Å². The van der Waals surface area contributed by atoms with Crippen LogP contribution in [0.5, 0.6) is 0 Å². The number of carbonyl (C=O) groups is 1. The third-order valence-corrected chi connectivity index (χ3v) is 3.13. The van der Waals surface area contributed by atoms with E-state index in [9.17, 15) is 4.79 Å². The minimum Gasteiger partial charge on any atom is -0.355 e. The van der Waals surface area contributed by atoms with E-state index in [1.807, 2.05) is 18.2 Å². The number of amides is 1. The highest BCUT2D eigenvalue weighted by atomic mass is 16.1. The molecule has 0 heterocycles. The predicted octanol–water partition coefficient (Wildman–Crippen LogP) is 3.03. The van der Waals surface area contributed by atoms with E-state index in [1.165, 1.54) is 18.4 Å². The van der Waals surface area contributed by atoms with Gasteiger partial charge in [0.1, 0.15) is 0 Å². The van der Waals surface area contributed by atoms with Crippen molar-refractivity contribution in [1.82, 2.24) is 10.6 Å². The van der Waals surface area contributed by atoms with E-state index >= 15 is 0 Å². The number of benzene rings is 1. The molecule has 1 aromatic carbocycles. The summed E-state index contributed by atoms with van der Waals surface area (Å²) in [6.07, 6.45) is 4.39. The molecule has 1 amide bonds. The van der Waals surface area contributed by atoms with E-state index in [-0.39, 0.29) is 11.9 Å². The van der Waals surface area contributed by atoms with Crippen molar-refractivity contribution < 1.29 is 4.79 Å². The second-order valence-corrected chi connectivity index (χ2v) is 4.84. The highest BCUT2D eigenvalue weighted by Gasteiger charge is 2.11. The zero-order valence-corrected chi connectivity index (χ0v) is 12.1. The fourth-order valence-corrected chi connectivity index (χ4v) is 2.02. The fourth-order valence-electron chi connectivity index (χ4n) is 2.02. The molecule has 0 bridgehead atoms. The molecule has 0 saturated carbocycles. The minimum atomic E-state index is 0.0827. The average molecular weight is 262 g/mol. The summed E-state index contributed by atoms with van der Waals surface area (Å²) in [5.74, 6) is 0.0827. The topological polar surface area (TPSA) is 41.1 Å². The molecule has 106 valence electrons. The van der Waals surface area contributed by atoms with Crippen LogP contribution in [0.15, 0.2) is 30.3 Å². The molecule has 0 aromatic heterocycles. The second-order valence-electron chi connectivity index (χ2n) is 4.84. The van der Waals surface area contributed by atoms with Gasteiger partial charge in [0.05, 0.1) is 6.54 Å². The quantitative estimate of drug-likeness (QED) is 0.718. The molecule has 0 fully saturated rings. The summed E-state index contributed by atoms with van der Waals surface area (Å²) >= 11 is 0. The molecule has 1 atom stereocenters. The third-order valence-electron chi connectivity index (χ3n) is 3.13. The van der Waals surface area contributed by atoms with Crippen LogP contribution in [-0.2, 0) is 4.79 Å². The first kappa shape index (κ1) is 15.7. The summed E-state index contributed by atoms with van der Waals surface area (Å²) in [5, 5.41) is 6.26. The van der Waals surface area contributed by atoms with Crippen molar-refractivity contribution in [2.45, 2.75) is 45.6 Å². The number of nitrogens with one attached hydrogen (secondary N) is 2. The summed E-state index contributed by atoms with van der Waals surface area (Å²) in [5.41, 5.74) is 1.26. The maximum absolute atomic E-state index is 11.6. The van der Waals surface area contributed by atoms with Crippen LogP contribution in [0.3, 0.4) is 0 Å².